The van der Waals surface area contributed by atoms with Gasteiger partial charge in [0.15, 0.2) is 0 Å². The first-order valence-corrected chi connectivity index (χ1v) is 5.39. The van der Waals surface area contributed by atoms with E-state index in [1.54, 1.807) is 20.0 Å². The van der Waals surface area contributed by atoms with Crippen LogP contribution in [0.1, 0.15) is 19.5 Å². The van der Waals surface area contributed by atoms with Crippen molar-refractivity contribution < 1.29 is 14.6 Å². The van der Waals surface area contributed by atoms with Crippen LogP contribution in [0.4, 0.5) is 5.95 Å². The van der Waals surface area contributed by atoms with Crippen LogP contribution in [0.2, 0.25) is 0 Å². The topological polar surface area (TPSA) is 75.5 Å². The molecule has 1 aromatic heterocycles. The van der Waals surface area contributed by atoms with Crippen molar-refractivity contribution in [2.75, 3.05) is 18.6 Å². The van der Waals surface area contributed by atoms with Crippen molar-refractivity contribution in [1.82, 2.24) is 9.97 Å². The summed E-state index contributed by atoms with van der Waals surface area (Å²) in [4.78, 5) is 20.7. The van der Waals surface area contributed by atoms with E-state index in [0.29, 0.717) is 18.4 Å². The predicted molar refractivity (Wildman–Crippen MR) is 63.4 cm³/mol. The zero-order valence-electron chi connectivity index (χ0n) is 10.5. The summed E-state index contributed by atoms with van der Waals surface area (Å²) in [6.45, 7) is 5.76. The van der Waals surface area contributed by atoms with Crippen molar-refractivity contribution in [1.29, 1.82) is 0 Å². The maximum absolute atomic E-state index is 10.9. The van der Waals surface area contributed by atoms with Crippen LogP contribution in [0, 0.1) is 6.92 Å². The number of carboxylic acid groups (broad SMARTS) is 1. The average molecular weight is 239 g/mol. The fraction of sp³-hybridized carbons (Fsp3) is 0.545. The van der Waals surface area contributed by atoms with Crippen molar-refractivity contribution in [2.45, 2.75) is 26.8 Å². The first-order valence-electron chi connectivity index (χ1n) is 5.39. The molecule has 0 fully saturated rings. The number of hydrogen-bond acceptors (Lipinski definition) is 5. The lowest BCUT2D eigenvalue weighted by Gasteiger charge is -2.21. The van der Waals surface area contributed by atoms with Gasteiger partial charge in [-0.2, -0.15) is 4.98 Å². The molecule has 0 amide bonds. The van der Waals surface area contributed by atoms with Crippen molar-refractivity contribution in [3.63, 3.8) is 0 Å². The number of hydrogen-bond donors (Lipinski definition) is 1. The Morgan fingerprint density at radius 2 is 2.24 bits per heavy atom. The molecule has 1 rings (SSSR count). The second-order valence-electron chi connectivity index (χ2n) is 3.71. The third-order valence-corrected chi connectivity index (χ3v) is 2.36. The molecule has 0 aromatic carbocycles. The molecule has 0 saturated carbocycles. The highest BCUT2D eigenvalue weighted by molar-refractivity contribution is 5.76. The van der Waals surface area contributed by atoms with E-state index in [9.17, 15) is 4.79 Å². The molecule has 17 heavy (non-hydrogen) atoms. The maximum Gasteiger partial charge on any atom is 0.326 e. The number of aromatic nitrogens is 2. The lowest BCUT2D eigenvalue weighted by molar-refractivity contribution is -0.138. The van der Waals surface area contributed by atoms with Crippen LogP contribution in [0.3, 0.4) is 0 Å². The zero-order valence-corrected chi connectivity index (χ0v) is 10.5. The van der Waals surface area contributed by atoms with Gasteiger partial charge in [-0.25, -0.2) is 9.78 Å². The highest BCUT2D eigenvalue weighted by Gasteiger charge is 2.20. The van der Waals surface area contributed by atoms with Crippen LogP contribution in [-0.4, -0.2) is 40.7 Å². The quantitative estimate of drug-likeness (QED) is 0.829. The van der Waals surface area contributed by atoms with Gasteiger partial charge >= 0.3 is 5.97 Å². The molecule has 0 saturated heterocycles. The fourth-order valence-corrected chi connectivity index (χ4v) is 1.24. The van der Waals surface area contributed by atoms with Crippen molar-refractivity contribution in [3.8, 4) is 5.88 Å². The molecule has 1 heterocycles. The molecule has 1 unspecified atom stereocenters. The van der Waals surface area contributed by atoms with Crippen molar-refractivity contribution in [2.24, 2.45) is 0 Å². The Kier molecular flexibility index (Phi) is 4.25. The van der Waals surface area contributed by atoms with E-state index in [4.69, 9.17) is 9.84 Å². The molecule has 0 aliphatic rings. The smallest absolute Gasteiger partial charge is 0.326 e. The minimum absolute atomic E-state index is 0.350. The molecule has 6 heteroatoms. The van der Waals surface area contributed by atoms with Gasteiger partial charge in [0.05, 0.1) is 6.61 Å². The normalized spacial score (nSPS) is 12.0. The van der Waals surface area contributed by atoms with Crippen LogP contribution in [0.15, 0.2) is 6.07 Å². The summed E-state index contributed by atoms with van der Waals surface area (Å²) in [5, 5.41) is 8.93. The lowest BCUT2D eigenvalue weighted by atomic mass is 10.3. The molecule has 0 radical (unpaired) electrons. The molecular formula is C11H17N3O3. The Morgan fingerprint density at radius 3 is 2.76 bits per heavy atom. The number of aryl methyl sites for hydroxylation is 1. The number of ether oxygens (including phenoxy) is 1. The Morgan fingerprint density at radius 1 is 1.59 bits per heavy atom. The monoisotopic (exact) mass is 239 g/mol. The van der Waals surface area contributed by atoms with Gasteiger partial charge in [0.25, 0.3) is 0 Å². The van der Waals surface area contributed by atoms with Gasteiger partial charge in [0.1, 0.15) is 6.04 Å². The van der Waals surface area contributed by atoms with Gasteiger partial charge in [-0.15, -0.1) is 0 Å². The minimum Gasteiger partial charge on any atom is -0.480 e. The predicted octanol–water partition coefficient (Wildman–Crippen LogP) is 1.09. The highest BCUT2D eigenvalue weighted by Crippen LogP contribution is 2.16. The Labute approximate surface area is 100 Å². The molecule has 6 nitrogen and oxygen atoms in total. The second kappa shape index (κ2) is 5.47. The number of aliphatic carboxylic acids is 1. The van der Waals surface area contributed by atoms with Gasteiger partial charge in [-0.3, -0.25) is 0 Å². The molecule has 0 bridgehead atoms. The van der Waals surface area contributed by atoms with Crippen LogP contribution in [0.25, 0.3) is 0 Å². The van der Waals surface area contributed by atoms with E-state index in [0.717, 1.165) is 5.69 Å². The summed E-state index contributed by atoms with van der Waals surface area (Å²) in [7, 11) is 1.64. The first-order chi connectivity index (χ1) is 7.95. The molecule has 1 N–H and O–H groups in total. The van der Waals surface area contributed by atoms with Crippen molar-refractivity contribution >= 4 is 11.9 Å². The van der Waals surface area contributed by atoms with E-state index in [1.807, 2.05) is 13.8 Å². The fourth-order valence-electron chi connectivity index (χ4n) is 1.24. The summed E-state index contributed by atoms with van der Waals surface area (Å²) >= 11 is 0. The number of rotatable bonds is 5. The highest BCUT2D eigenvalue weighted by atomic mass is 16.5. The summed E-state index contributed by atoms with van der Waals surface area (Å²) < 4.78 is 5.29. The Bertz CT molecular complexity index is 409. The number of anilines is 1. The minimum atomic E-state index is -0.921. The number of carboxylic acids is 1. The lowest BCUT2D eigenvalue weighted by Crippen LogP contribution is -2.37. The van der Waals surface area contributed by atoms with Crippen molar-refractivity contribution in [3.05, 3.63) is 11.8 Å². The molecule has 0 spiro atoms. The zero-order chi connectivity index (χ0) is 13.0. The summed E-state index contributed by atoms with van der Waals surface area (Å²) in [6, 6.07) is 1.03. The molecule has 0 aliphatic carbocycles. The summed E-state index contributed by atoms with van der Waals surface area (Å²) in [5.74, 6) is -0.113. The first kappa shape index (κ1) is 13.2. The Balaban J connectivity index is 3.00. The van der Waals surface area contributed by atoms with Crippen LogP contribution in [0.5, 0.6) is 5.88 Å². The summed E-state index contributed by atoms with van der Waals surface area (Å²) in [5.41, 5.74) is 0.739. The van der Waals surface area contributed by atoms with E-state index < -0.39 is 12.0 Å². The van der Waals surface area contributed by atoms with E-state index in [2.05, 4.69) is 9.97 Å². The SMILES string of the molecule is CCOc1cc(C)nc(N(C)C(C)C(=O)O)n1. The number of carbonyl (C=O) groups is 1. The Hall–Kier alpha value is -1.85. The van der Waals surface area contributed by atoms with E-state index in [-0.39, 0.29) is 0 Å². The third-order valence-electron chi connectivity index (χ3n) is 2.36. The van der Waals surface area contributed by atoms with Gasteiger partial charge in [-0.05, 0) is 20.8 Å². The van der Waals surface area contributed by atoms with E-state index in [1.165, 1.54) is 4.90 Å². The molecule has 0 aliphatic heterocycles. The molecule has 1 atom stereocenters. The molecule has 94 valence electrons. The van der Waals surface area contributed by atoms with Crippen LogP contribution in [-0.2, 0) is 4.79 Å². The van der Waals surface area contributed by atoms with E-state index >= 15 is 0 Å². The van der Waals surface area contributed by atoms with Gasteiger partial charge in [0, 0.05) is 18.8 Å². The second-order valence-corrected chi connectivity index (χ2v) is 3.71. The third kappa shape index (κ3) is 3.30. The molecular weight excluding hydrogens is 222 g/mol. The maximum atomic E-state index is 10.9. The standard InChI is InChI=1S/C11H17N3O3/c1-5-17-9-6-7(2)12-11(13-9)14(4)8(3)10(15)16/h6,8H,5H2,1-4H3,(H,15,16). The van der Waals surface area contributed by atoms with Crippen LogP contribution >= 0.6 is 0 Å². The summed E-state index contributed by atoms with van der Waals surface area (Å²) in [6.07, 6.45) is 0. The van der Waals surface area contributed by atoms with Gasteiger partial charge < -0.3 is 14.7 Å². The molecule has 1 aromatic rings. The largest absolute Gasteiger partial charge is 0.480 e. The average Bonchev–Trinajstić information content (AvgIpc) is 2.26. The van der Waals surface area contributed by atoms with Crippen LogP contribution < -0.4 is 9.64 Å². The number of likely N-dealkylation sites (N-methyl/N-ethyl adjacent to an activating group) is 1. The number of nitrogens with zero attached hydrogens (tertiary/aromatic N) is 3. The van der Waals surface area contributed by atoms with Gasteiger partial charge in [-0.1, -0.05) is 0 Å². The van der Waals surface area contributed by atoms with Gasteiger partial charge in [0.2, 0.25) is 11.8 Å².